The first-order valence-electron chi connectivity index (χ1n) is 10.7. The van der Waals surface area contributed by atoms with Crippen molar-refractivity contribution in [3.05, 3.63) is 53.1 Å². The van der Waals surface area contributed by atoms with Gasteiger partial charge in [-0.2, -0.15) is 0 Å². The summed E-state index contributed by atoms with van der Waals surface area (Å²) in [4.78, 5) is 2.03. The fourth-order valence-electron chi connectivity index (χ4n) is 4.09. The molecule has 0 amide bonds. The third-order valence-electron chi connectivity index (χ3n) is 5.77. The van der Waals surface area contributed by atoms with E-state index in [1.54, 1.807) is 14.2 Å². The van der Waals surface area contributed by atoms with Gasteiger partial charge in [0.25, 0.3) is 0 Å². The average molecular weight is 464 g/mol. The standard InChI is InChI=1S/C24H33NO6S/c1-17-5-7-22(18(2)11-17)31-15-21(26)14-25(20-9-10-32(27,28)16-20)13-19-6-8-23(29-3)24(12-19)30-4/h5-8,11-12,20-21,26H,9-10,13-16H2,1-4H3. The van der Waals surface area contributed by atoms with E-state index in [4.69, 9.17) is 14.2 Å². The lowest BCUT2D eigenvalue weighted by Crippen LogP contribution is -2.42. The van der Waals surface area contributed by atoms with Crippen molar-refractivity contribution < 1.29 is 27.7 Å². The van der Waals surface area contributed by atoms with Gasteiger partial charge in [0, 0.05) is 19.1 Å². The molecule has 8 heteroatoms. The van der Waals surface area contributed by atoms with E-state index in [0.717, 1.165) is 22.4 Å². The summed E-state index contributed by atoms with van der Waals surface area (Å²) >= 11 is 0. The van der Waals surface area contributed by atoms with Crippen molar-refractivity contribution in [2.24, 2.45) is 0 Å². The number of aliphatic hydroxyl groups is 1. The first-order chi connectivity index (χ1) is 15.2. The number of nitrogens with zero attached hydrogens (tertiary/aromatic N) is 1. The molecule has 0 saturated carbocycles. The number of hydrogen-bond acceptors (Lipinski definition) is 7. The van der Waals surface area contributed by atoms with Gasteiger partial charge in [-0.1, -0.05) is 23.8 Å². The Hall–Kier alpha value is -2.29. The Labute approximate surface area is 190 Å². The maximum Gasteiger partial charge on any atom is 0.161 e. The number of aryl methyl sites for hydroxylation is 2. The number of hydrogen-bond donors (Lipinski definition) is 1. The van der Waals surface area contributed by atoms with Gasteiger partial charge in [-0.15, -0.1) is 0 Å². The van der Waals surface area contributed by atoms with Crippen LogP contribution in [0.5, 0.6) is 17.2 Å². The predicted octanol–water partition coefficient (Wildman–Crippen LogP) is 2.75. The first kappa shape index (κ1) is 24.4. The normalized spacial score (nSPS) is 18.5. The molecule has 1 fully saturated rings. The van der Waals surface area contributed by atoms with Crippen molar-refractivity contribution in [3.8, 4) is 17.2 Å². The molecule has 0 bridgehead atoms. The van der Waals surface area contributed by atoms with Crippen LogP contribution in [0, 0.1) is 13.8 Å². The highest BCUT2D eigenvalue weighted by Crippen LogP contribution is 2.29. The molecule has 2 aromatic carbocycles. The summed E-state index contributed by atoms with van der Waals surface area (Å²) in [5, 5.41) is 10.7. The van der Waals surface area contributed by atoms with Crippen LogP contribution in [0.4, 0.5) is 0 Å². The van der Waals surface area contributed by atoms with Crippen molar-refractivity contribution in [2.45, 2.75) is 39.0 Å². The summed E-state index contributed by atoms with van der Waals surface area (Å²) in [6.07, 6.45) is -0.209. The largest absolute Gasteiger partial charge is 0.493 e. The van der Waals surface area contributed by atoms with Crippen LogP contribution in [0.3, 0.4) is 0 Å². The lowest BCUT2D eigenvalue weighted by atomic mass is 10.1. The highest BCUT2D eigenvalue weighted by atomic mass is 32.2. The maximum atomic E-state index is 12.1. The van der Waals surface area contributed by atoms with Crippen molar-refractivity contribution in [2.75, 3.05) is 38.9 Å². The molecule has 0 radical (unpaired) electrons. The minimum Gasteiger partial charge on any atom is -0.493 e. The molecular weight excluding hydrogens is 430 g/mol. The zero-order valence-electron chi connectivity index (χ0n) is 19.2. The fourth-order valence-corrected chi connectivity index (χ4v) is 5.85. The number of ether oxygens (including phenoxy) is 3. The van der Waals surface area contributed by atoms with Gasteiger partial charge in [-0.05, 0) is 49.6 Å². The van der Waals surface area contributed by atoms with Crippen molar-refractivity contribution in [1.29, 1.82) is 0 Å². The maximum absolute atomic E-state index is 12.1. The number of benzene rings is 2. The highest BCUT2D eigenvalue weighted by Gasteiger charge is 2.33. The minimum absolute atomic E-state index is 0.102. The zero-order chi connectivity index (χ0) is 23.3. The van der Waals surface area contributed by atoms with Crippen LogP contribution >= 0.6 is 0 Å². The number of methoxy groups -OCH3 is 2. The fraction of sp³-hybridized carbons (Fsp3) is 0.500. The van der Waals surface area contributed by atoms with Crippen LogP contribution in [-0.2, 0) is 16.4 Å². The molecule has 2 atom stereocenters. The van der Waals surface area contributed by atoms with Gasteiger partial charge in [0.2, 0.25) is 0 Å². The second-order valence-corrected chi connectivity index (χ2v) is 10.6. The molecule has 1 heterocycles. The minimum atomic E-state index is -3.06. The lowest BCUT2D eigenvalue weighted by Gasteiger charge is -2.30. The molecule has 1 aliphatic rings. The molecule has 2 aromatic rings. The second-order valence-electron chi connectivity index (χ2n) is 8.41. The Balaban J connectivity index is 1.71. The van der Waals surface area contributed by atoms with E-state index in [-0.39, 0.29) is 24.2 Å². The number of aliphatic hydroxyl groups excluding tert-OH is 1. The van der Waals surface area contributed by atoms with E-state index < -0.39 is 15.9 Å². The average Bonchev–Trinajstić information content (AvgIpc) is 3.12. The van der Waals surface area contributed by atoms with Gasteiger partial charge in [0.1, 0.15) is 18.5 Å². The molecule has 32 heavy (non-hydrogen) atoms. The Bertz CT molecular complexity index is 1020. The van der Waals surface area contributed by atoms with Crippen LogP contribution < -0.4 is 14.2 Å². The molecule has 0 aliphatic carbocycles. The Morgan fingerprint density at radius 1 is 1.06 bits per heavy atom. The van der Waals surface area contributed by atoms with Crippen LogP contribution in [-0.4, -0.2) is 69.4 Å². The van der Waals surface area contributed by atoms with Gasteiger partial charge in [0.05, 0.1) is 25.7 Å². The predicted molar refractivity (Wildman–Crippen MR) is 124 cm³/mol. The summed E-state index contributed by atoms with van der Waals surface area (Å²) in [7, 11) is 0.107. The molecule has 3 rings (SSSR count). The summed E-state index contributed by atoms with van der Waals surface area (Å²) < 4.78 is 40.7. The summed E-state index contributed by atoms with van der Waals surface area (Å²) in [5.41, 5.74) is 3.12. The van der Waals surface area contributed by atoms with Crippen LogP contribution in [0.25, 0.3) is 0 Å². The molecule has 1 saturated heterocycles. The van der Waals surface area contributed by atoms with Crippen LogP contribution in [0.1, 0.15) is 23.1 Å². The number of rotatable bonds is 10. The Morgan fingerprint density at radius 2 is 1.78 bits per heavy atom. The number of sulfone groups is 1. The van der Waals surface area contributed by atoms with E-state index in [2.05, 4.69) is 0 Å². The third kappa shape index (κ3) is 6.37. The van der Waals surface area contributed by atoms with Crippen molar-refractivity contribution in [1.82, 2.24) is 4.90 Å². The van der Waals surface area contributed by atoms with E-state index in [1.165, 1.54) is 0 Å². The first-order valence-corrected chi connectivity index (χ1v) is 12.6. The molecule has 1 aliphatic heterocycles. The van der Waals surface area contributed by atoms with Crippen molar-refractivity contribution >= 4 is 9.84 Å². The summed E-state index contributed by atoms with van der Waals surface area (Å²) in [6, 6.07) is 11.4. The molecule has 7 nitrogen and oxygen atoms in total. The van der Waals surface area contributed by atoms with E-state index in [0.29, 0.717) is 31.0 Å². The van der Waals surface area contributed by atoms with E-state index >= 15 is 0 Å². The molecular formula is C24H33NO6S. The SMILES string of the molecule is COc1ccc(CN(CC(O)COc2ccc(C)cc2C)C2CCS(=O)(=O)C2)cc1OC. The molecule has 1 N–H and O–H groups in total. The van der Waals surface area contributed by atoms with Crippen molar-refractivity contribution in [3.63, 3.8) is 0 Å². The monoisotopic (exact) mass is 463 g/mol. The Kier molecular flexibility index (Phi) is 8.03. The van der Waals surface area contributed by atoms with Crippen LogP contribution in [0.2, 0.25) is 0 Å². The van der Waals surface area contributed by atoms with Gasteiger partial charge >= 0.3 is 0 Å². The Morgan fingerprint density at radius 3 is 2.41 bits per heavy atom. The van der Waals surface area contributed by atoms with Crippen LogP contribution in [0.15, 0.2) is 36.4 Å². The van der Waals surface area contributed by atoms with E-state index in [9.17, 15) is 13.5 Å². The molecule has 2 unspecified atom stereocenters. The van der Waals surface area contributed by atoms with Gasteiger partial charge in [-0.3, -0.25) is 4.90 Å². The summed E-state index contributed by atoms with van der Waals surface area (Å²) in [6.45, 7) is 4.92. The quantitative estimate of drug-likeness (QED) is 0.580. The zero-order valence-corrected chi connectivity index (χ0v) is 20.0. The third-order valence-corrected chi connectivity index (χ3v) is 7.52. The van der Waals surface area contributed by atoms with E-state index in [1.807, 2.05) is 55.1 Å². The lowest BCUT2D eigenvalue weighted by molar-refractivity contribution is 0.0522. The second kappa shape index (κ2) is 10.6. The smallest absolute Gasteiger partial charge is 0.161 e. The van der Waals surface area contributed by atoms with Gasteiger partial charge in [-0.25, -0.2) is 8.42 Å². The van der Waals surface area contributed by atoms with Gasteiger partial charge < -0.3 is 19.3 Å². The topological polar surface area (TPSA) is 85.3 Å². The highest BCUT2D eigenvalue weighted by molar-refractivity contribution is 7.91. The van der Waals surface area contributed by atoms with Gasteiger partial charge in [0.15, 0.2) is 21.3 Å². The molecule has 176 valence electrons. The molecule has 0 spiro atoms. The molecule has 0 aromatic heterocycles. The summed E-state index contributed by atoms with van der Waals surface area (Å²) in [5.74, 6) is 2.26.